The lowest BCUT2D eigenvalue weighted by Gasteiger charge is -2.10. The number of aromatic nitrogens is 3. The van der Waals surface area contributed by atoms with E-state index in [9.17, 15) is 9.18 Å². The molecule has 1 amide bonds. The SMILES string of the molecule is Cc1ccn2nc(Nc3ccc(C(=O)N(C)C)cc3)nc2c1-c1cccc(F)c1. The van der Waals surface area contributed by atoms with Gasteiger partial charge in [-0.15, -0.1) is 5.10 Å². The van der Waals surface area contributed by atoms with Gasteiger partial charge in [0.15, 0.2) is 5.65 Å². The van der Waals surface area contributed by atoms with Crippen molar-refractivity contribution in [3.05, 3.63) is 77.7 Å². The first-order valence-corrected chi connectivity index (χ1v) is 9.13. The first-order chi connectivity index (χ1) is 13.9. The van der Waals surface area contributed by atoms with Crippen LogP contribution in [0.2, 0.25) is 0 Å². The number of halogens is 1. The second kappa shape index (κ2) is 7.35. The molecule has 0 saturated carbocycles. The standard InChI is InChI=1S/C22H20FN5O/c1-14-11-12-28-20(19(14)16-5-4-6-17(23)13-16)25-22(26-28)24-18-9-7-15(8-10-18)21(29)27(2)3/h4-13H,1-3H3,(H,24,26). The van der Waals surface area contributed by atoms with Gasteiger partial charge in [-0.05, 0) is 60.5 Å². The van der Waals surface area contributed by atoms with E-state index in [-0.39, 0.29) is 11.7 Å². The number of aryl methyl sites for hydroxylation is 1. The molecule has 4 aromatic rings. The Labute approximate surface area is 167 Å². The van der Waals surface area contributed by atoms with Crippen molar-refractivity contribution in [1.29, 1.82) is 0 Å². The zero-order valence-electron chi connectivity index (χ0n) is 16.3. The summed E-state index contributed by atoms with van der Waals surface area (Å²) in [6.45, 7) is 1.96. The minimum atomic E-state index is -0.297. The van der Waals surface area contributed by atoms with Crippen molar-refractivity contribution >= 4 is 23.2 Å². The van der Waals surface area contributed by atoms with Gasteiger partial charge in [0.1, 0.15) is 5.82 Å². The molecule has 0 bridgehead atoms. The molecular formula is C22H20FN5O. The van der Waals surface area contributed by atoms with Gasteiger partial charge in [0.05, 0.1) is 0 Å². The fourth-order valence-electron chi connectivity index (χ4n) is 3.18. The van der Waals surface area contributed by atoms with Crippen molar-refractivity contribution in [3.8, 4) is 11.1 Å². The third-order valence-corrected chi connectivity index (χ3v) is 4.62. The Morgan fingerprint density at radius 3 is 2.55 bits per heavy atom. The third-order valence-electron chi connectivity index (χ3n) is 4.62. The highest BCUT2D eigenvalue weighted by atomic mass is 19.1. The minimum absolute atomic E-state index is 0.0578. The highest BCUT2D eigenvalue weighted by Crippen LogP contribution is 2.29. The van der Waals surface area contributed by atoms with Gasteiger partial charge in [-0.25, -0.2) is 8.91 Å². The zero-order valence-corrected chi connectivity index (χ0v) is 16.3. The molecule has 0 atom stereocenters. The molecule has 0 spiro atoms. The van der Waals surface area contributed by atoms with E-state index < -0.39 is 0 Å². The van der Waals surface area contributed by atoms with Gasteiger partial charge in [0.25, 0.3) is 5.91 Å². The molecule has 2 heterocycles. The molecule has 29 heavy (non-hydrogen) atoms. The Balaban J connectivity index is 1.68. The number of nitrogens with zero attached hydrogens (tertiary/aromatic N) is 4. The number of nitrogens with one attached hydrogen (secondary N) is 1. The van der Waals surface area contributed by atoms with E-state index in [1.165, 1.54) is 17.0 Å². The summed E-state index contributed by atoms with van der Waals surface area (Å²) in [5.41, 5.74) is 4.57. The van der Waals surface area contributed by atoms with Crippen molar-refractivity contribution in [3.63, 3.8) is 0 Å². The zero-order chi connectivity index (χ0) is 20.5. The maximum atomic E-state index is 13.7. The van der Waals surface area contributed by atoms with E-state index in [2.05, 4.69) is 15.4 Å². The lowest BCUT2D eigenvalue weighted by Crippen LogP contribution is -2.21. The van der Waals surface area contributed by atoms with Crippen molar-refractivity contribution in [1.82, 2.24) is 19.5 Å². The number of rotatable bonds is 4. The second-order valence-electron chi connectivity index (χ2n) is 6.99. The number of amides is 1. The number of fused-ring (bicyclic) bond motifs is 1. The summed E-state index contributed by atoms with van der Waals surface area (Å²) in [7, 11) is 3.43. The Morgan fingerprint density at radius 1 is 1.10 bits per heavy atom. The Kier molecular flexibility index (Phi) is 4.72. The van der Waals surface area contributed by atoms with Crippen LogP contribution in [0.5, 0.6) is 0 Å². The van der Waals surface area contributed by atoms with Crippen LogP contribution in [0.4, 0.5) is 16.0 Å². The summed E-state index contributed by atoms with van der Waals surface area (Å²) in [5, 5.41) is 7.63. The van der Waals surface area contributed by atoms with E-state index in [1.807, 2.05) is 25.3 Å². The fourth-order valence-corrected chi connectivity index (χ4v) is 3.18. The second-order valence-corrected chi connectivity index (χ2v) is 6.99. The predicted octanol–water partition coefficient (Wildman–Crippen LogP) is 4.29. The summed E-state index contributed by atoms with van der Waals surface area (Å²) in [4.78, 5) is 18.1. The topological polar surface area (TPSA) is 62.5 Å². The molecule has 1 N–H and O–H groups in total. The number of anilines is 2. The van der Waals surface area contributed by atoms with Crippen LogP contribution in [0.1, 0.15) is 15.9 Å². The average molecular weight is 389 g/mol. The van der Waals surface area contributed by atoms with Gasteiger partial charge < -0.3 is 10.2 Å². The number of hydrogen-bond donors (Lipinski definition) is 1. The monoisotopic (exact) mass is 389 g/mol. The molecule has 7 heteroatoms. The van der Waals surface area contributed by atoms with Gasteiger partial charge in [-0.2, -0.15) is 4.98 Å². The molecule has 0 aliphatic rings. The third kappa shape index (κ3) is 3.67. The van der Waals surface area contributed by atoms with E-state index >= 15 is 0 Å². The maximum absolute atomic E-state index is 13.7. The molecule has 2 aromatic heterocycles. The molecule has 0 aliphatic carbocycles. The molecule has 0 aliphatic heterocycles. The summed E-state index contributed by atoms with van der Waals surface area (Å²) in [6, 6.07) is 15.5. The van der Waals surface area contributed by atoms with Gasteiger partial charge in [-0.1, -0.05) is 12.1 Å². The molecule has 0 fully saturated rings. The van der Waals surface area contributed by atoms with Crippen molar-refractivity contribution in [2.24, 2.45) is 0 Å². The summed E-state index contributed by atoms with van der Waals surface area (Å²) in [5.74, 6) is 0.0617. The quantitative estimate of drug-likeness (QED) is 0.566. The molecular weight excluding hydrogens is 369 g/mol. The highest BCUT2D eigenvalue weighted by Gasteiger charge is 2.14. The Hall–Kier alpha value is -3.74. The van der Waals surface area contributed by atoms with E-state index in [4.69, 9.17) is 0 Å². The number of pyridine rings is 1. The largest absolute Gasteiger partial charge is 0.345 e. The van der Waals surface area contributed by atoms with Crippen LogP contribution >= 0.6 is 0 Å². The van der Waals surface area contributed by atoms with E-state index in [0.717, 1.165) is 22.4 Å². The van der Waals surface area contributed by atoms with Gasteiger partial charge in [0, 0.05) is 37.1 Å². The number of benzene rings is 2. The molecule has 2 aromatic carbocycles. The lowest BCUT2D eigenvalue weighted by atomic mass is 10.0. The first kappa shape index (κ1) is 18.6. The van der Waals surface area contributed by atoms with E-state index in [0.29, 0.717) is 17.2 Å². The molecule has 6 nitrogen and oxygen atoms in total. The van der Waals surface area contributed by atoms with Gasteiger partial charge >= 0.3 is 0 Å². The Morgan fingerprint density at radius 2 is 1.86 bits per heavy atom. The van der Waals surface area contributed by atoms with Gasteiger partial charge in [-0.3, -0.25) is 4.79 Å². The molecule has 0 radical (unpaired) electrons. The normalized spacial score (nSPS) is 10.9. The van der Waals surface area contributed by atoms with Crippen molar-refractivity contribution < 1.29 is 9.18 Å². The predicted molar refractivity (Wildman–Crippen MR) is 111 cm³/mol. The van der Waals surface area contributed by atoms with Crippen LogP contribution in [-0.2, 0) is 0 Å². The maximum Gasteiger partial charge on any atom is 0.253 e. The fraction of sp³-hybridized carbons (Fsp3) is 0.136. The molecule has 146 valence electrons. The van der Waals surface area contributed by atoms with Gasteiger partial charge in [0.2, 0.25) is 5.95 Å². The number of hydrogen-bond acceptors (Lipinski definition) is 4. The minimum Gasteiger partial charge on any atom is -0.345 e. The lowest BCUT2D eigenvalue weighted by molar-refractivity contribution is 0.0827. The molecule has 0 unspecified atom stereocenters. The Bertz CT molecular complexity index is 1200. The molecule has 0 saturated heterocycles. The number of carbonyl (C=O) groups excluding carboxylic acids is 1. The first-order valence-electron chi connectivity index (χ1n) is 9.13. The number of carbonyl (C=O) groups is 1. The van der Waals surface area contributed by atoms with E-state index in [1.54, 1.807) is 48.9 Å². The summed E-state index contributed by atoms with van der Waals surface area (Å²) in [6.07, 6.45) is 1.82. The average Bonchev–Trinajstić information content (AvgIpc) is 3.10. The summed E-state index contributed by atoms with van der Waals surface area (Å²) >= 11 is 0. The van der Waals surface area contributed by atoms with Crippen LogP contribution < -0.4 is 5.32 Å². The summed E-state index contributed by atoms with van der Waals surface area (Å²) < 4.78 is 15.4. The van der Waals surface area contributed by atoms with Crippen molar-refractivity contribution in [2.45, 2.75) is 6.92 Å². The van der Waals surface area contributed by atoms with Crippen LogP contribution in [0.3, 0.4) is 0 Å². The smallest absolute Gasteiger partial charge is 0.253 e. The van der Waals surface area contributed by atoms with Crippen LogP contribution in [0, 0.1) is 12.7 Å². The van der Waals surface area contributed by atoms with Crippen LogP contribution in [0.25, 0.3) is 16.8 Å². The molecule has 4 rings (SSSR count). The van der Waals surface area contributed by atoms with Crippen LogP contribution in [0.15, 0.2) is 60.8 Å². The highest BCUT2D eigenvalue weighted by molar-refractivity contribution is 5.94. The van der Waals surface area contributed by atoms with Crippen molar-refractivity contribution in [2.75, 3.05) is 19.4 Å². The van der Waals surface area contributed by atoms with Crippen LogP contribution in [-0.4, -0.2) is 39.5 Å².